The lowest BCUT2D eigenvalue weighted by atomic mass is 10.0. The van der Waals surface area contributed by atoms with Gasteiger partial charge in [0.05, 0.1) is 19.8 Å². The fourth-order valence-corrected chi connectivity index (χ4v) is 1.84. The molecule has 0 amide bonds. The molecule has 0 radical (unpaired) electrons. The first-order valence-electron chi connectivity index (χ1n) is 3.86. The molecule has 3 fully saturated rings. The van der Waals surface area contributed by atoms with Crippen molar-refractivity contribution in [1.82, 2.24) is 0 Å². The minimum absolute atomic E-state index is 0.239. The van der Waals surface area contributed by atoms with E-state index in [1.54, 1.807) is 0 Å². The molecule has 3 aliphatic heterocycles. The van der Waals surface area contributed by atoms with Crippen molar-refractivity contribution >= 4 is 0 Å². The van der Waals surface area contributed by atoms with Gasteiger partial charge in [-0.25, -0.2) is 0 Å². The van der Waals surface area contributed by atoms with E-state index in [1.165, 1.54) is 0 Å². The highest BCUT2D eigenvalue weighted by Gasteiger charge is 2.62. The Balaban J connectivity index is 1.81. The summed E-state index contributed by atoms with van der Waals surface area (Å²) in [7, 11) is 0. The van der Waals surface area contributed by atoms with Crippen LogP contribution in [0.1, 0.15) is 0 Å². The van der Waals surface area contributed by atoms with Gasteiger partial charge in [-0.1, -0.05) is 0 Å². The average molecular weight is 158 g/mol. The Kier molecular flexibility index (Phi) is 1.13. The molecule has 0 aromatic rings. The molecule has 0 saturated carbocycles. The Morgan fingerprint density at radius 2 is 2.00 bits per heavy atom. The predicted octanol–water partition coefficient (Wildman–Crippen LogP) is -0.473. The van der Waals surface area contributed by atoms with Crippen LogP contribution in [0.2, 0.25) is 0 Å². The lowest BCUT2D eigenvalue weighted by Crippen LogP contribution is -2.48. The number of hydrogen-bond acceptors (Lipinski definition) is 4. The lowest BCUT2D eigenvalue weighted by molar-refractivity contribution is -0.220. The van der Waals surface area contributed by atoms with E-state index < -0.39 is 0 Å². The van der Waals surface area contributed by atoms with E-state index >= 15 is 0 Å². The first-order valence-corrected chi connectivity index (χ1v) is 3.86. The molecule has 0 aliphatic carbocycles. The summed E-state index contributed by atoms with van der Waals surface area (Å²) in [5, 5.41) is 0. The second-order valence-electron chi connectivity index (χ2n) is 3.29. The van der Waals surface area contributed by atoms with Gasteiger partial charge < -0.3 is 18.9 Å². The summed E-state index contributed by atoms with van der Waals surface area (Å²) in [4.78, 5) is 0. The third-order valence-corrected chi connectivity index (χ3v) is 2.50. The highest BCUT2D eigenvalue weighted by Crippen LogP contribution is 2.43. The van der Waals surface area contributed by atoms with Crippen LogP contribution in [-0.2, 0) is 18.9 Å². The van der Waals surface area contributed by atoms with Crippen LogP contribution in [-0.4, -0.2) is 44.4 Å². The van der Waals surface area contributed by atoms with Crippen molar-refractivity contribution < 1.29 is 18.9 Å². The second-order valence-corrected chi connectivity index (χ2v) is 3.29. The molecule has 4 heteroatoms. The van der Waals surface area contributed by atoms with E-state index in [9.17, 15) is 0 Å². The number of rotatable bonds is 0. The molecule has 3 aliphatic rings. The van der Waals surface area contributed by atoms with Crippen LogP contribution in [0.3, 0.4) is 0 Å². The normalized spacial score (nSPS) is 45.8. The summed E-state index contributed by atoms with van der Waals surface area (Å²) in [6.45, 7) is 2.34. The largest absolute Gasteiger partial charge is 0.365 e. The van der Waals surface area contributed by atoms with Crippen molar-refractivity contribution in [3.63, 3.8) is 0 Å². The Bertz CT molecular complexity index is 175. The maximum atomic E-state index is 5.57. The highest BCUT2D eigenvalue weighted by atomic mass is 16.7. The Morgan fingerprint density at radius 3 is 2.55 bits per heavy atom. The second kappa shape index (κ2) is 1.95. The molecular formula is C7H10O4. The zero-order valence-corrected chi connectivity index (χ0v) is 6.12. The molecule has 11 heavy (non-hydrogen) atoms. The predicted molar refractivity (Wildman–Crippen MR) is 34.1 cm³/mol. The van der Waals surface area contributed by atoms with Crippen molar-refractivity contribution in [3.8, 4) is 0 Å². The molecule has 0 N–H and O–H groups in total. The van der Waals surface area contributed by atoms with Crippen LogP contribution in [0, 0.1) is 0 Å². The molecule has 0 bridgehead atoms. The van der Waals surface area contributed by atoms with E-state index in [-0.39, 0.29) is 11.7 Å². The summed E-state index contributed by atoms with van der Waals surface area (Å²) in [5.41, 5.74) is -0.261. The molecule has 4 nitrogen and oxygen atoms in total. The Hall–Kier alpha value is -0.160. The van der Waals surface area contributed by atoms with Crippen molar-refractivity contribution in [3.05, 3.63) is 0 Å². The Labute approximate surface area is 64.4 Å². The summed E-state index contributed by atoms with van der Waals surface area (Å²) < 4.78 is 21.3. The minimum Gasteiger partial charge on any atom is -0.365 e. The summed E-state index contributed by atoms with van der Waals surface area (Å²) in [6.07, 6.45) is 0.558. The molecule has 2 unspecified atom stereocenters. The molecule has 3 saturated heterocycles. The van der Waals surface area contributed by atoms with Gasteiger partial charge in [0.1, 0.15) is 24.6 Å². The van der Waals surface area contributed by atoms with Crippen LogP contribution in [0.15, 0.2) is 0 Å². The number of epoxide rings is 1. The van der Waals surface area contributed by atoms with Gasteiger partial charge in [0.25, 0.3) is 0 Å². The van der Waals surface area contributed by atoms with Gasteiger partial charge in [-0.15, -0.1) is 0 Å². The van der Waals surface area contributed by atoms with Crippen LogP contribution in [0.25, 0.3) is 0 Å². The first kappa shape index (κ1) is 6.37. The number of fused-ring (bicyclic) bond motifs is 2. The number of hydrogen-bond donors (Lipinski definition) is 0. The third-order valence-electron chi connectivity index (χ3n) is 2.50. The maximum Gasteiger partial charge on any atom is 0.147 e. The van der Waals surface area contributed by atoms with Gasteiger partial charge in [0.15, 0.2) is 0 Å². The molecule has 2 atom stereocenters. The SMILES string of the molecule is C1OCC2(CO1)OCC1OC12. The minimum atomic E-state index is -0.261. The summed E-state index contributed by atoms with van der Waals surface area (Å²) in [5.74, 6) is 0. The zero-order valence-electron chi connectivity index (χ0n) is 6.12. The van der Waals surface area contributed by atoms with Crippen LogP contribution < -0.4 is 0 Å². The quantitative estimate of drug-likeness (QED) is 0.447. The monoisotopic (exact) mass is 158 g/mol. The van der Waals surface area contributed by atoms with E-state index in [4.69, 9.17) is 18.9 Å². The number of ether oxygens (including phenoxy) is 4. The van der Waals surface area contributed by atoms with E-state index in [0.717, 1.165) is 0 Å². The molecule has 0 aromatic heterocycles. The molecular weight excluding hydrogens is 148 g/mol. The molecule has 62 valence electrons. The first-order chi connectivity index (χ1) is 5.41. The lowest BCUT2D eigenvalue weighted by Gasteiger charge is -2.32. The van der Waals surface area contributed by atoms with Crippen LogP contribution in [0.4, 0.5) is 0 Å². The molecule has 1 spiro atoms. The van der Waals surface area contributed by atoms with Crippen molar-refractivity contribution in [2.24, 2.45) is 0 Å². The van der Waals surface area contributed by atoms with Crippen LogP contribution >= 0.6 is 0 Å². The third kappa shape index (κ3) is 0.780. The van der Waals surface area contributed by atoms with Gasteiger partial charge in [-0.3, -0.25) is 0 Å². The maximum absolute atomic E-state index is 5.57. The van der Waals surface area contributed by atoms with Gasteiger partial charge in [-0.2, -0.15) is 0 Å². The van der Waals surface area contributed by atoms with E-state index in [0.29, 0.717) is 32.7 Å². The van der Waals surface area contributed by atoms with Gasteiger partial charge >= 0.3 is 0 Å². The fourth-order valence-electron chi connectivity index (χ4n) is 1.84. The topological polar surface area (TPSA) is 40.2 Å². The highest BCUT2D eigenvalue weighted by molar-refractivity contribution is 5.08. The standard InChI is InChI=1S/C7H10O4/c1-5-6(11-5)7(10-1)2-8-4-9-3-7/h5-6H,1-4H2. The molecule has 0 aromatic carbocycles. The molecule has 3 rings (SSSR count). The fraction of sp³-hybridized carbons (Fsp3) is 1.00. The van der Waals surface area contributed by atoms with Crippen molar-refractivity contribution in [2.45, 2.75) is 17.8 Å². The van der Waals surface area contributed by atoms with Crippen molar-refractivity contribution in [2.75, 3.05) is 26.6 Å². The smallest absolute Gasteiger partial charge is 0.147 e. The van der Waals surface area contributed by atoms with Gasteiger partial charge in [-0.05, 0) is 0 Å². The Morgan fingerprint density at radius 1 is 1.18 bits per heavy atom. The zero-order chi connectivity index (χ0) is 7.31. The van der Waals surface area contributed by atoms with E-state index in [1.807, 2.05) is 0 Å². The van der Waals surface area contributed by atoms with Gasteiger partial charge in [0, 0.05) is 0 Å². The van der Waals surface area contributed by atoms with E-state index in [2.05, 4.69) is 0 Å². The van der Waals surface area contributed by atoms with Gasteiger partial charge in [0.2, 0.25) is 0 Å². The van der Waals surface area contributed by atoms with Crippen molar-refractivity contribution in [1.29, 1.82) is 0 Å². The molecule has 3 heterocycles. The summed E-state index contributed by atoms with van der Waals surface area (Å²) in [6, 6.07) is 0. The van der Waals surface area contributed by atoms with Crippen LogP contribution in [0.5, 0.6) is 0 Å². The summed E-state index contributed by atoms with van der Waals surface area (Å²) >= 11 is 0. The average Bonchev–Trinajstić information content (AvgIpc) is 2.77.